The van der Waals surface area contributed by atoms with E-state index in [-0.39, 0.29) is 0 Å². The van der Waals surface area contributed by atoms with Gasteiger partial charge >= 0.3 is 0 Å². The van der Waals surface area contributed by atoms with Gasteiger partial charge in [0.15, 0.2) is 0 Å². The lowest BCUT2D eigenvalue weighted by Crippen LogP contribution is -2.04. The zero-order chi connectivity index (χ0) is 13.7. The highest BCUT2D eigenvalue weighted by molar-refractivity contribution is 5.56. The first kappa shape index (κ1) is 13.5. The number of benzene rings is 2. The van der Waals surface area contributed by atoms with Crippen LogP contribution in [0.5, 0.6) is 5.75 Å². The molecule has 0 aliphatic heterocycles. The summed E-state index contributed by atoms with van der Waals surface area (Å²) in [5.41, 5.74) is 4.98. The molecule has 0 unspecified atom stereocenters. The molecule has 2 aromatic carbocycles. The third kappa shape index (κ3) is 3.50. The van der Waals surface area contributed by atoms with Crippen LogP contribution in [0.2, 0.25) is 0 Å². The second-order valence-electron chi connectivity index (χ2n) is 4.71. The lowest BCUT2D eigenvalue weighted by Gasteiger charge is -2.13. The summed E-state index contributed by atoms with van der Waals surface area (Å²) in [6.45, 7) is 7.77. The smallest absolute Gasteiger partial charge is 0.142 e. The molecule has 2 nitrogen and oxygen atoms in total. The normalized spacial score (nSPS) is 10.3. The van der Waals surface area contributed by atoms with Gasteiger partial charge in [-0.15, -0.1) is 0 Å². The van der Waals surface area contributed by atoms with Crippen molar-refractivity contribution >= 4 is 5.69 Å². The van der Waals surface area contributed by atoms with Crippen LogP contribution in [-0.2, 0) is 6.54 Å². The van der Waals surface area contributed by atoms with E-state index in [0.29, 0.717) is 6.61 Å². The first-order valence-corrected chi connectivity index (χ1v) is 6.72. The monoisotopic (exact) mass is 255 g/mol. The minimum absolute atomic E-state index is 0.683. The van der Waals surface area contributed by atoms with Crippen molar-refractivity contribution in [2.75, 3.05) is 11.9 Å². The van der Waals surface area contributed by atoms with E-state index in [4.69, 9.17) is 4.74 Å². The molecule has 2 heteroatoms. The maximum absolute atomic E-state index is 5.62. The highest BCUT2D eigenvalue weighted by Crippen LogP contribution is 2.24. The molecule has 2 rings (SSSR count). The first-order valence-electron chi connectivity index (χ1n) is 6.72. The summed E-state index contributed by atoms with van der Waals surface area (Å²) < 4.78 is 5.62. The second kappa shape index (κ2) is 6.28. The summed E-state index contributed by atoms with van der Waals surface area (Å²) in [5.74, 6) is 0.912. The van der Waals surface area contributed by atoms with Gasteiger partial charge in [0, 0.05) is 6.54 Å². The van der Waals surface area contributed by atoms with E-state index in [1.54, 1.807) is 0 Å². The van der Waals surface area contributed by atoms with Crippen LogP contribution in [0, 0.1) is 13.8 Å². The van der Waals surface area contributed by atoms with Crippen molar-refractivity contribution in [1.29, 1.82) is 0 Å². The van der Waals surface area contributed by atoms with Gasteiger partial charge < -0.3 is 10.1 Å². The van der Waals surface area contributed by atoms with E-state index in [9.17, 15) is 0 Å². The van der Waals surface area contributed by atoms with Crippen LogP contribution in [0.1, 0.15) is 23.6 Å². The quantitative estimate of drug-likeness (QED) is 0.859. The maximum Gasteiger partial charge on any atom is 0.142 e. The molecule has 0 fully saturated rings. The molecule has 0 atom stereocenters. The Morgan fingerprint density at radius 2 is 1.84 bits per heavy atom. The molecule has 0 saturated carbocycles. The van der Waals surface area contributed by atoms with Gasteiger partial charge in [0.1, 0.15) is 5.75 Å². The lowest BCUT2D eigenvalue weighted by atomic mass is 10.1. The molecule has 19 heavy (non-hydrogen) atoms. The standard InChI is InChI=1S/C17H21NO/c1-4-19-17-8-6-5-7-16(17)18-12-15-11-13(2)9-10-14(15)3/h5-11,18H,4,12H2,1-3H3. The predicted molar refractivity (Wildman–Crippen MR) is 80.9 cm³/mol. The SMILES string of the molecule is CCOc1ccccc1NCc1cc(C)ccc1C. The van der Waals surface area contributed by atoms with Gasteiger partial charge in [-0.1, -0.05) is 35.9 Å². The molecular formula is C17H21NO. The van der Waals surface area contributed by atoms with E-state index < -0.39 is 0 Å². The number of ether oxygens (including phenoxy) is 1. The summed E-state index contributed by atoms with van der Waals surface area (Å²) in [4.78, 5) is 0. The Bertz CT molecular complexity index is 549. The van der Waals surface area contributed by atoms with Crippen LogP contribution in [0.4, 0.5) is 5.69 Å². The van der Waals surface area contributed by atoms with Gasteiger partial charge in [-0.2, -0.15) is 0 Å². The van der Waals surface area contributed by atoms with Crippen LogP contribution in [0.15, 0.2) is 42.5 Å². The third-order valence-corrected chi connectivity index (χ3v) is 3.16. The third-order valence-electron chi connectivity index (χ3n) is 3.16. The van der Waals surface area contributed by atoms with Gasteiger partial charge in [0.2, 0.25) is 0 Å². The van der Waals surface area contributed by atoms with E-state index in [0.717, 1.165) is 18.0 Å². The summed E-state index contributed by atoms with van der Waals surface area (Å²) in [6.07, 6.45) is 0. The largest absolute Gasteiger partial charge is 0.492 e. The van der Waals surface area contributed by atoms with Crippen molar-refractivity contribution in [3.05, 3.63) is 59.2 Å². The molecule has 0 aromatic heterocycles. The van der Waals surface area contributed by atoms with Gasteiger partial charge in [-0.25, -0.2) is 0 Å². The van der Waals surface area contributed by atoms with Crippen LogP contribution in [0.25, 0.3) is 0 Å². The highest BCUT2D eigenvalue weighted by Gasteiger charge is 2.03. The molecule has 1 N–H and O–H groups in total. The van der Waals surface area contributed by atoms with E-state index in [1.807, 2.05) is 25.1 Å². The number of hydrogen-bond acceptors (Lipinski definition) is 2. The number of rotatable bonds is 5. The topological polar surface area (TPSA) is 21.3 Å². The van der Waals surface area contributed by atoms with Crippen molar-refractivity contribution in [3.63, 3.8) is 0 Å². The first-order chi connectivity index (χ1) is 9.20. The predicted octanol–water partition coefficient (Wildman–Crippen LogP) is 4.31. The zero-order valence-electron chi connectivity index (χ0n) is 11.9. The minimum Gasteiger partial charge on any atom is -0.492 e. The summed E-state index contributed by atoms with van der Waals surface area (Å²) >= 11 is 0. The van der Waals surface area contributed by atoms with Crippen LogP contribution < -0.4 is 10.1 Å². The Hall–Kier alpha value is -1.96. The molecule has 0 spiro atoms. The molecule has 0 heterocycles. The molecule has 2 aromatic rings. The van der Waals surface area contributed by atoms with E-state index in [2.05, 4.69) is 43.4 Å². The summed E-state index contributed by atoms with van der Waals surface area (Å²) in [7, 11) is 0. The van der Waals surface area contributed by atoms with Crippen molar-refractivity contribution in [2.45, 2.75) is 27.3 Å². The van der Waals surface area contributed by atoms with Gasteiger partial charge in [-0.05, 0) is 44.0 Å². The lowest BCUT2D eigenvalue weighted by molar-refractivity contribution is 0.341. The van der Waals surface area contributed by atoms with Gasteiger partial charge in [-0.3, -0.25) is 0 Å². The molecule has 0 saturated heterocycles. The molecular weight excluding hydrogens is 234 g/mol. The summed E-state index contributed by atoms with van der Waals surface area (Å²) in [6, 6.07) is 14.6. The Labute approximate surface area is 115 Å². The number of anilines is 1. The Morgan fingerprint density at radius 3 is 2.63 bits per heavy atom. The van der Waals surface area contributed by atoms with E-state index in [1.165, 1.54) is 16.7 Å². The molecule has 0 bridgehead atoms. The van der Waals surface area contributed by atoms with Crippen molar-refractivity contribution in [2.24, 2.45) is 0 Å². The number of hydrogen-bond donors (Lipinski definition) is 1. The Balaban J connectivity index is 2.12. The molecule has 0 amide bonds. The second-order valence-corrected chi connectivity index (χ2v) is 4.71. The minimum atomic E-state index is 0.683. The van der Waals surface area contributed by atoms with Crippen LogP contribution in [0.3, 0.4) is 0 Å². The van der Waals surface area contributed by atoms with Crippen LogP contribution in [-0.4, -0.2) is 6.61 Å². The van der Waals surface area contributed by atoms with Crippen molar-refractivity contribution in [1.82, 2.24) is 0 Å². The highest BCUT2D eigenvalue weighted by atomic mass is 16.5. The molecule has 0 aliphatic rings. The fraction of sp³-hybridized carbons (Fsp3) is 0.294. The zero-order valence-corrected chi connectivity index (χ0v) is 11.9. The van der Waals surface area contributed by atoms with Crippen molar-refractivity contribution < 1.29 is 4.74 Å². The number of para-hydroxylation sites is 2. The van der Waals surface area contributed by atoms with Gasteiger partial charge in [0.25, 0.3) is 0 Å². The molecule has 100 valence electrons. The van der Waals surface area contributed by atoms with Crippen LogP contribution >= 0.6 is 0 Å². The van der Waals surface area contributed by atoms with Gasteiger partial charge in [0.05, 0.1) is 12.3 Å². The maximum atomic E-state index is 5.62. The Kier molecular flexibility index (Phi) is 4.45. The number of nitrogens with one attached hydrogen (secondary N) is 1. The average molecular weight is 255 g/mol. The molecule has 0 radical (unpaired) electrons. The molecule has 0 aliphatic carbocycles. The average Bonchev–Trinajstić information content (AvgIpc) is 2.42. The summed E-state index contributed by atoms with van der Waals surface area (Å²) in [5, 5.41) is 3.46. The number of aryl methyl sites for hydroxylation is 2. The Morgan fingerprint density at radius 1 is 1.05 bits per heavy atom. The van der Waals surface area contributed by atoms with E-state index >= 15 is 0 Å². The fourth-order valence-electron chi connectivity index (χ4n) is 2.08. The fourth-order valence-corrected chi connectivity index (χ4v) is 2.08. The van der Waals surface area contributed by atoms with Crippen molar-refractivity contribution in [3.8, 4) is 5.75 Å².